The Morgan fingerprint density at radius 3 is 2.50 bits per heavy atom. The Bertz CT molecular complexity index is 332. The van der Waals surface area contributed by atoms with E-state index in [2.05, 4.69) is 4.90 Å². The zero-order chi connectivity index (χ0) is 13.1. The zero-order valence-electron chi connectivity index (χ0n) is 11.1. The molecule has 5 heteroatoms. The Morgan fingerprint density at radius 2 is 1.83 bits per heavy atom. The first-order chi connectivity index (χ1) is 8.63. The summed E-state index contributed by atoms with van der Waals surface area (Å²) in [6.07, 6.45) is 4.88. The molecule has 0 bridgehead atoms. The molecule has 0 unspecified atom stereocenters. The van der Waals surface area contributed by atoms with E-state index in [0.29, 0.717) is 25.0 Å². The molecule has 0 aromatic heterocycles. The molecule has 102 valence electrons. The predicted octanol–water partition coefficient (Wildman–Crippen LogP) is 0.337. The summed E-state index contributed by atoms with van der Waals surface area (Å²) in [6, 6.07) is 0.620. The fourth-order valence-corrected chi connectivity index (χ4v) is 3.39. The Kier molecular flexibility index (Phi) is 4.22. The molecule has 0 radical (unpaired) electrons. The number of rotatable bonds is 4. The van der Waals surface area contributed by atoms with Gasteiger partial charge >= 0.3 is 0 Å². The van der Waals surface area contributed by atoms with Crippen molar-refractivity contribution in [1.29, 1.82) is 0 Å². The van der Waals surface area contributed by atoms with E-state index in [1.165, 1.54) is 0 Å². The van der Waals surface area contributed by atoms with Crippen LogP contribution < -0.4 is 5.73 Å². The molecule has 2 atom stereocenters. The third kappa shape index (κ3) is 2.66. The van der Waals surface area contributed by atoms with Crippen LogP contribution in [0.4, 0.5) is 0 Å². The van der Waals surface area contributed by atoms with Gasteiger partial charge in [0, 0.05) is 25.0 Å². The molecule has 2 aliphatic heterocycles. The maximum Gasteiger partial charge on any atom is 0.231 e. The Hall–Kier alpha value is -1.10. The predicted molar refractivity (Wildman–Crippen MR) is 68.8 cm³/mol. The van der Waals surface area contributed by atoms with Crippen molar-refractivity contribution in [2.45, 2.75) is 51.1 Å². The molecule has 0 aliphatic carbocycles. The normalized spacial score (nSPS) is 28.8. The lowest BCUT2D eigenvalue weighted by Crippen LogP contribution is -2.49. The standard InChI is InChI=1S/C13H23N3O2/c1-2-13(18)16-8-4-6-11(16)10-5-3-7-15(10)9-12(14)17/h10-11H,2-9H2,1H3,(H2,14,17)/t10-,11-/m1/s1. The van der Waals surface area contributed by atoms with Gasteiger partial charge in [-0.05, 0) is 32.2 Å². The highest BCUT2D eigenvalue weighted by Crippen LogP contribution is 2.30. The first kappa shape index (κ1) is 13.3. The minimum Gasteiger partial charge on any atom is -0.369 e. The van der Waals surface area contributed by atoms with Crippen molar-refractivity contribution in [3.05, 3.63) is 0 Å². The van der Waals surface area contributed by atoms with E-state index in [-0.39, 0.29) is 11.8 Å². The number of nitrogens with two attached hydrogens (primary N) is 1. The van der Waals surface area contributed by atoms with Crippen molar-refractivity contribution in [2.24, 2.45) is 5.73 Å². The number of amides is 2. The van der Waals surface area contributed by atoms with Crippen LogP contribution in [0.2, 0.25) is 0 Å². The number of likely N-dealkylation sites (tertiary alicyclic amines) is 2. The molecule has 0 aromatic carbocycles. The van der Waals surface area contributed by atoms with E-state index < -0.39 is 0 Å². The summed E-state index contributed by atoms with van der Waals surface area (Å²) in [6.45, 7) is 4.04. The van der Waals surface area contributed by atoms with E-state index in [1.54, 1.807) is 0 Å². The van der Waals surface area contributed by atoms with Gasteiger partial charge < -0.3 is 10.6 Å². The second-order valence-electron chi connectivity index (χ2n) is 5.30. The highest BCUT2D eigenvalue weighted by molar-refractivity contribution is 5.77. The minimum atomic E-state index is -0.270. The van der Waals surface area contributed by atoms with Crippen LogP contribution in [0.5, 0.6) is 0 Å². The molecule has 0 saturated carbocycles. The molecule has 18 heavy (non-hydrogen) atoms. The van der Waals surface area contributed by atoms with E-state index in [0.717, 1.165) is 38.8 Å². The van der Waals surface area contributed by atoms with Gasteiger partial charge in [-0.1, -0.05) is 6.92 Å². The van der Waals surface area contributed by atoms with Crippen LogP contribution in [0.15, 0.2) is 0 Å². The average Bonchev–Trinajstić information content (AvgIpc) is 2.94. The third-order valence-corrected chi connectivity index (χ3v) is 4.14. The number of carbonyl (C=O) groups is 2. The summed E-state index contributed by atoms with van der Waals surface area (Å²) >= 11 is 0. The summed E-state index contributed by atoms with van der Waals surface area (Å²) < 4.78 is 0. The van der Waals surface area contributed by atoms with Crippen LogP contribution in [-0.4, -0.2) is 53.3 Å². The van der Waals surface area contributed by atoms with Crippen LogP contribution in [0.25, 0.3) is 0 Å². The molecule has 2 saturated heterocycles. The van der Waals surface area contributed by atoms with Crippen molar-refractivity contribution >= 4 is 11.8 Å². The molecule has 2 rings (SSSR count). The maximum atomic E-state index is 11.9. The van der Waals surface area contributed by atoms with E-state index in [4.69, 9.17) is 5.73 Å². The van der Waals surface area contributed by atoms with Crippen molar-refractivity contribution in [3.63, 3.8) is 0 Å². The molecule has 0 aromatic rings. The van der Waals surface area contributed by atoms with Crippen LogP contribution >= 0.6 is 0 Å². The molecule has 0 spiro atoms. The topological polar surface area (TPSA) is 66.6 Å². The molecule has 2 amide bonds. The quantitative estimate of drug-likeness (QED) is 0.785. The molecule has 2 heterocycles. The first-order valence-electron chi connectivity index (χ1n) is 6.95. The molecular weight excluding hydrogens is 230 g/mol. The molecular formula is C13H23N3O2. The van der Waals surface area contributed by atoms with Crippen LogP contribution in [0.1, 0.15) is 39.0 Å². The molecule has 2 N–H and O–H groups in total. The average molecular weight is 253 g/mol. The van der Waals surface area contributed by atoms with Crippen molar-refractivity contribution in [3.8, 4) is 0 Å². The summed E-state index contributed by atoms with van der Waals surface area (Å²) in [5.41, 5.74) is 5.29. The number of hydrogen-bond donors (Lipinski definition) is 1. The van der Waals surface area contributed by atoms with Gasteiger partial charge in [0.05, 0.1) is 6.54 Å². The summed E-state index contributed by atoms with van der Waals surface area (Å²) in [4.78, 5) is 27.2. The van der Waals surface area contributed by atoms with E-state index in [9.17, 15) is 9.59 Å². The lowest BCUT2D eigenvalue weighted by Gasteiger charge is -2.34. The fraction of sp³-hybridized carbons (Fsp3) is 0.846. The molecule has 2 aliphatic rings. The highest BCUT2D eigenvalue weighted by Gasteiger charge is 2.39. The first-order valence-corrected chi connectivity index (χ1v) is 6.95. The Morgan fingerprint density at radius 1 is 1.17 bits per heavy atom. The van der Waals surface area contributed by atoms with Crippen LogP contribution in [0.3, 0.4) is 0 Å². The van der Waals surface area contributed by atoms with Crippen molar-refractivity contribution < 1.29 is 9.59 Å². The van der Waals surface area contributed by atoms with Gasteiger partial charge in [0.25, 0.3) is 0 Å². The van der Waals surface area contributed by atoms with Gasteiger partial charge in [-0.3, -0.25) is 14.5 Å². The van der Waals surface area contributed by atoms with Crippen LogP contribution in [-0.2, 0) is 9.59 Å². The van der Waals surface area contributed by atoms with Gasteiger partial charge in [0.2, 0.25) is 11.8 Å². The number of carbonyl (C=O) groups excluding carboxylic acids is 2. The van der Waals surface area contributed by atoms with E-state index in [1.807, 2.05) is 11.8 Å². The Balaban J connectivity index is 2.04. The van der Waals surface area contributed by atoms with Crippen molar-refractivity contribution in [1.82, 2.24) is 9.80 Å². The smallest absolute Gasteiger partial charge is 0.231 e. The van der Waals surface area contributed by atoms with Gasteiger partial charge in [-0.15, -0.1) is 0 Å². The van der Waals surface area contributed by atoms with E-state index >= 15 is 0 Å². The van der Waals surface area contributed by atoms with Gasteiger partial charge in [0.1, 0.15) is 0 Å². The minimum absolute atomic E-state index is 0.239. The largest absolute Gasteiger partial charge is 0.369 e. The van der Waals surface area contributed by atoms with Gasteiger partial charge in [-0.25, -0.2) is 0 Å². The monoisotopic (exact) mass is 253 g/mol. The summed E-state index contributed by atoms with van der Waals surface area (Å²) in [7, 11) is 0. The molecule has 5 nitrogen and oxygen atoms in total. The third-order valence-electron chi connectivity index (χ3n) is 4.14. The van der Waals surface area contributed by atoms with Crippen molar-refractivity contribution in [2.75, 3.05) is 19.6 Å². The number of hydrogen-bond acceptors (Lipinski definition) is 3. The van der Waals surface area contributed by atoms with Crippen LogP contribution in [0, 0.1) is 0 Å². The fourth-order valence-electron chi connectivity index (χ4n) is 3.39. The lowest BCUT2D eigenvalue weighted by molar-refractivity contribution is -0.132. The summed E-state index contributed by atoms with van der Waals surface area (Å²) in [5.74, 6) is -0.0308. The van der Waals surface area contributed by atoms with Gasteiger partial charge in [-0.2, -0.15) is 0 Å². The zero-order valence-corrected chi connectivity index (χ0v) is 11.1. The SMILES string of the molecule is CCC(=O)N1CCC[C@@H]1[C@H]1CCCN1CC(N)=O. The molecule has 2 fully saturated rings. The number of nitrogens with zero attached hydrogens (tertiary/aromatic N) is 2. The second-order valence-corrected chi connectivity index (χ2v) is 5.30. The summed E-state index contributed by atoms with van der Waals surface area (Å²) in [5, 5.41) is 0. The van der Waals surface area contributed by atoms with Gasteiger partial charge in [0.15, 0.2) is 0 Å². The maximum absolute atomic E-state index is 11.9. The second kappa shape index (κ2) is 5.69. The highest BCUT2D eigenvalue weighted by atomic mass is 16.2. The lowest BCUT2D eigenvalue weighted by atomic mass is 10.0. The number of primary amides is 1. The Labute approximate surface area is 108 Å².